The SMILES string of the molecule is CN=C(NCC1(C2CC2)CCC1)N1CCC(C(=O)OC)CC1.I. The molecule has 0 unspecified atom stereocenters. The Hall–Kier alpha value is -0.530. The molecule has 132 valence electrons. The summed E-state index contributed by atoms with van der Waals surface area (Å²) >= 11 is 0. The zero-order valence-corrected chi connectivity index (χ0v) is 16.7. The van der Waals surface area contributed by atoms with Gasteiger partial charge in [0.2, 0.25) is 0 Å². The number of carbonyl (C=O) groups is 1. The van der Waals surface area contributed by atoms with Gasteiger partial charge in [-0.3, -0.25) is 9.79 Å². The second kappa shape index (κ2) is 8.03. The molecule has 1 aliphatic heterocycles. The average Bonchev–Trinajstić information content (AvgIpc) is 3.35. The molecule has 1 heterocycles. The van der Waals surface area contributed by atoms with Gasteiger partial charge in [0.1, 0.15) is 0 Å². The predicted molar refractivity (Wildman–Crippen MR) is 102 cm³/mol. The number of carbonyl (C=O) groups excluding carboxylic acids is 1. The average molecular weight is 435 g/mol. The van der Waals surface area contributed by atoms with E-state index in [4.69, 9.17) is 4.74 Å². The summed E-state index contributed by atoms with van der Waals surface area (Å²) in [6.07, 6.45) is 8.72. The molecular formula is C17H30IN3O2. The molecule has 0 radical (unpaired) electrons. The summed E-state index contributed by atoms with van der Waals surface area (Å²) in [5.74, 6) is 1.96. The third kappa shape index (κ3) is 4.12. The van der Waals surface area contributed by atoms with Crippen LogP contribution in [0.25, 0.3) is 0 Å². The molecule has 0 spiro atoms. The Labute approximate surface area is 156 Å². The molecule has 2 saturated carbocycles. The third-order valence-electron chi connectivity index (χ3n) is 5.93. The van der Waals surface area contributed by atoms with E-state index in [2.05, 4.69) is 15.2 Å². The Balaban J connectivity index is 0.00000192. The Kier molecular flexibility index (Phi) is 6.57. The van der Waals surface area contributed by atoms with Crippen molar-refractivity contribution < 1.29 is 9.53 Å². The van der Waals surface area contributed by atoms with Gasteiger partial charge >= 0.3 is 5.97 Å². The molecule has 0 atom stereocenters. The first-order chi connectivity index (χ1) is 10.7. The molecule has 3 aliphatic rings. The number of esters is 1. The van der Waals surface area contributed by atoms with Gasteiger partial charge in [0.25, 0.3) is 0 Å². The van der Waals surface area contributed by atoms with E-state index in [1.54, 1.807) is 0 Å². The van der Waals surface area contributed by atoms with E-state index >= 15 is 0 Å². The van der Waals surface area contributed by atoms with Crippen LogP contribution in [0.4, 0.5) is 0 Å². The molecule has 6 heteroatoms. The number of likely N-dealkylation sites (tertiary alicyclic amines) is 1. The maximum absolute atomic E-state index is 11.6. The van der Waals surface area contributed by atoms with Crippen molar-refractivity contribution in [3.8, 4) is 0 Å². The van der Waals surface area contributed by atoms with E-state index in [1.807, 2.05) is 7.05 Å². The molecule has 3 rings (SSSR count). The Bertz CT molecular complexity index is 439. The van der Waals surface area contributed by atoms with Crippen molar-refractivity contribution in [3.05, 3.63) is 0 Å². The smallest absolute Gasteiger partial charge is 0.308 e. The topological polar surface area (TPSA) is 53.9 Å². The van der Waals surface area contributed by atoms with Crippen LogP contribution < -0.4 is 5.32 Å². The number of hydrogen-bond acceptors (Lipinski definition) is 3. The summed E-state index contributed by atoms with van der Waals surface area (Å²) in [6.45, 7) is 2.84. The number of halogens is 1. The van der Waals surface area contributed by atoms with Gasteiger partial charge in [0, 0.05) is 26.7 Å². The van der Waals surface area contributed by atoms with E-state index in [9.17, 15) is 4.79 Å². The summed E-state index contributed by atoms with van der Waals surface area (Å²) in [5.41, 5.74) is 0.556. The van der Waals surface area contributed by atoms with Crippen molar-refractivity contribution in [2.24, 2.45) is 22.2 Å². The fraction of sp³-hybridized carbons (Fsp3) is 0.882. The molecule has 1 saturated heterocycles. The highest BCUT2D eigenvalue weighted by Gasteiger charge is 2.48. The standard InChI is InChI=1S/C17H29N3O2.HI/c1-18-16(19-12-17(8-3-9-17)14-4-5-14)20-10-6-13(7-11-20)15(21)22-2;/h13-14H,3-12H2,1-2H3,(H,18,19);1H. The van der Waals surface area contributed by atoms with Crippen LogP contribution >= 0.6 is 24.0 Å². The molecular weight excluding hydrogens is 405 g/mol. The molecule has 0 amide bonds. The van der Waals surface area contributed by atoms with Crippen LogP contribution in [0, 0.1) is 17.3 Å². The lowest BCUT2D eigenvalue weighted by Gasteiger charge is -2.44. The molecule has 0 aromatic heterocycles. The number of hydrogen-bond donors (Lipinski definition) is 1. The van der Waals surface area contributed by atoms with E-state index in [0.29, 0.717) is 5.41 Å². The second-order valence-electron chi connectivity index (χ2n) is 7.18. The lowest BCUT2D eigenvalue weighted by molar-refractivity contribution is -0.146. The maximum atomic E-state index is 11.6. The van der Waals surface area contributed by atoms with Crippen molar-refractivity contribution in [2.75, 3.05) is 33.8 Å². The monoisotopic (exact) mass is 435 g/mol. The molecule has 3 fully saturated rings. The van der Waals surface area contributed by atoms with E-state index in [-0.39, 0.29) is 35.9 Å². The van der Waals surface area contributed by atoms with Gasteiger partial charge in [0.05, 0.1) is 13.0 Å². The van der Waals surface area contributed by atoms with Gasteiger partial charge in [-0.2, -0.15) is 0 Å². The van der Waals surface area contributed by atoms with Crippen LogP contribution in [0.2, 0.25) is 0 Å². The number of methoxy groups -OCH3 is 1. The van der Waals surface area contributed by atoms with Crippen LogP contribution in [0.15, 0.2) is 4.99 Å². The number of nitrogens with zero attached hydrogens (tertiary/aromatic N) is 2. The minimum absolute atomic E-state index is 0. The molecule has 0 aromatic rings. The van der Waals surface area contributed by atoms with Crippen molar-refractivity contribution in [3.63, 3.8) is 0 Å². The minimum Gasteiger partial charge on any atom is -0.469 e. The molecule has 23 heavy (non-hydrogen) atoms. The summed E-state index contributed by atoms with van der Waals surface area (Å²) in [4.78, 5) is 18.4. The highest BCUT2D eigenvalue weighted by atomic mass is 127. The second-order valence-corrected chi connectivity index (χ2v) is 7.18. The van der Waals surface area contributed by atoms with Crippen LogP contribution in [-0.4, -0.2) is 50.6 Å². The summed E-state index contributed by atoms with van der Waals surface area (Å²) in [5, 5.41) is 3.62. The van der Waals surface area contributed by atoms with Crippen LogP contribution in [0.5, 0.6) is 0 Å². The lowest BCUT2D eigenvalue weighted by atomic mass is 9.65. The zero-order chi connectivity index (χ0) is 15.6. The summed E-state index contributed by atoms with van der Waals surface area (Å²) < 4.78 is 4.86. The molecule has 2 aliphatic carbocycles. The maximum Gasteiger partial charge on any atom is 0.308 e. The minimum atomic E-state index is -0.0650. The number of rotatable bonds is 4. The van der Waals surface area contributed by atoms with Gasteiger partial charge in [-0.05, 0) is 49.9 Å². The lowest BCUT2D eigenvalue weighted by Crippen LogP contribution is -2.51. The molecule has 0 bridgehead atoms. The first kappa shape index (κ1) is 18.8. The number of aliphatic imine (C=N–C) groups is 1. The van der Waals surface area contributed by atoms with Crippen molar-refractivity contribution in [1.82, 2.24) is 10.2 Å². The molecule has 0 aromatic carbocycles. The molecule has 5 nitrogen and oxygen atoms in total. The van der Waals surface area contributed by atoms with E-state index < -0.39 is 0 Å². The fourth-order valence-corrected chi connectivity index (χ4v) is 4.14. The fourth-order valence-electron chi connectivity index (χ4n) is 4.14. The number of guanidine groups is 1. The number of ether oxygens (including phenoxy) is 1. The highest BCUT2D eigenvalue weighted by molar-refractivity contribution is 14.0. The zero-order valence-electron chi connectivity index (χ0n) is 14.3. The normalized spacial score (nSPS) is 24.4. The first-order valence-electron chi connectivity index (χ1n) is 8.72. The van der Waals surface area contributed by atoms with Crippen molar-refractivity contribution >= 4 is 35.9 Å². The van der Waals surface area contributed by atoms with Crippen molar-refractivity contribution in [1.29, 1.82) is 0 Å². The Morgan fingerprint density at radius 2 is 1.91 bits per heavy atom. The largest absolute Gasteiger partial charge is 0.469 e. The Morgan fingerprint density at radius 1 is 1.26 bits per heavy atom. The van der Waals surface area contributed by atoms with Gasteiger partial charge < -0.3 is 15.0 Å². The van der Waals surface area contributed by atoms with Gasteiger partial charge in [-0.15, -0.1) is 24.0 Å². The van der Waals surface area contributed by atoms with Gasteiger partial charge in [-0.25, -0.2) is 0 Å². The summed E-state index contributed by atoms with van der Waals surface area (Å²) in [7, 11) is 3.34. The number of piperidine rings is 1. The van der Waals surface area contributed by atoms with E-state index in [1.165, 1.54) is 39.2 Å². The Morgan fingerprint density at radius 3 is 2.35 bits per heavy atom. The van der Waals surface area contributed by atoms with Crippen molar-refractivity contribution in [2.45, 2.75) is 44.9 Å². The first-order valence-corrected chi connectivity index (χ1v) is 8.72. The van der Waals surface area contributed by atoms with Crippen LogP contribution in [-0.2, 0) is 9.53 Å². The molecule has 1 N–H and O–H groups in total. The van der Waals surface area contributed by atoms with E-state index in [0.717, 1.165) is 44.4 Å². The van der Waals surface area contributed by atoms with Gasteiger partial charge in [0.15, 0.2) is 5.96 Å². The highest BCUT2D eigenvalue weighted by Crippen LogP contribution is 2.56. The summed E-state index contributed by atoms with van der Waals surface area (Å²) in [6, 6.07) is 0. The van der Waals surface area contributed by atoms with Gasteiger partial charge in [-0.1, -0.05) is 6.42 Å². The third-order valence-corrected chi connectivity index (χ3v) is 5.93. The quantitative estimate of drug-likeness (QED) is 0.319. The predicted octanol–water partition coefficient (Wildman–Crippen LogP) is 2.65. The number of nitrogens with one attached hydrogen (secondary N) is 1. The van der Waals surface area contributed by atoms with Crippen LogP contribution in [0.1, 0.15) is 44.9 Å². The van der Waals surface area contributed by atoms with Crippen LogP contribution in [0.3, 0.4) is 0 Å².